The van der Waals surface area contributed by atoms with E-state index in [1.165, 1.54) is 0 Å². The van der Waals surface area contributed by atoms with Gasteiger partial charge in [0.25, 0.3) is 0 Å². The fourth-order valence-corrected chi connectivity index (χ4v) is 1.87. The Morgan fingerprint density at radius 1 is 1.38 bits per heavy atom. The molecule has 16 heavy (non-hydrogen) atoms. The van der Waals surface area contributed by atoms with Gasteiger partial charge in [-0.15, -0.1) is 11.6 Å². The molecule has 90 valence electrons. The number of benzene rings is 1. The van der Waals surface area contributed by atoms with Gasteiger partial charge < -0.3 is 10.1 Å². The Morgan fingerprint density at radius 3 is 2.75 bits per heavy atom. The van der Waals surface area contributed by atoms with Crippen molar-refractivity contribution in [1.29, 1.82) is 0 Å². The van der Waals surface area contributed by atoms with Crippen LogP contribution in [-0.4, -0.2) is 25.6 Å². The van der Waals surface area contributed by atoms with Crippen LogP contribution in [0.4, 0.5) is 0 Å². The zero-order valence-electron chi connectivity index (χ0n) is 8.97. The first-order chi connectivity index (χ1) is 7.67. The highest BCUT2D eigenvalue weighted by Gasteiger charge is 2.07. The number of rotatable bonds is 6. The van der Waals surface area contributed by atoms with Crippen LogP contribution in [0.5, 0.6) is 0 Å². The van der Waals surface area contributed by atoms with Gasteiger partial charge in [-0.1, -0.05) is 23.2 Å². The second-order valence-electron chi connectivity index (χ2n) is 3.42. The van der Waals surface area contributed by atoms with Crippen molar-refractivity contribution in [3.05, 3.63) is 33.8 Å². The molecule has 1 atom stereocenters. The molecule has 0 saturated carbocycles. The Morgan fingerprint density at radius 2 is 2.12 bits per heavy atom. The Bertz CT molecular complexity index is 333. The molecule has 0 heterocycles. The van der Waals surface area contributed by atoms with Crippen molar-refractivity contribution < 1.29 is 4.74 Å². The third-order valence-corrected chi connectivity index (χ3v) is 3.12. The molecule has 1 rings (SSSR count). The first kappa shape index (κ1) is 14.1. The summed E-state index contributed by atoms with van der Waals surface area (Å²) >= 11 is 17.7. The number of alkyl halides is 1. The SMILES string of the molecule is COCC(CCl)NCc1cc(Cl)ccc1Cl. The Labute approximate surface area is 111 Å². The molecule has 0 spiro atoms. The van der Waals surface area contributed by atoms with Crippen LogP contribution in [0.1, 0.15) is 5.56 Å². The molecular weight excluding hydrogens is 268 g/mol. The zero-order valence-corrected chi connectivity index (χ0v) is 11.2. The molecule has 0 aliphatic rings. The van der Waals surface area contributed by atoms with Crippen LogP contribution in [0, 0.1) is 0 Å². The maximum Gasteiger partial charge on any atom is 0.0627 e. The summed E-state index contributed by atoms with van der Waals surface area (Å²) in [6.45, 7) is 1.20. The largest absolute Gasteiger partial charge is 0.383 e. The summed E-state index contributed by atoms with van der Waals surface area (Å²) in [5.41, 5.74) is 0.959. The summed E-state index contributed by atoms with van der Waals surface area (Å²) in [7, 11) is 1.65. The molecule has 1 N–H and O–H groups in total. The topological polar surface area (TPSA) is 21.3 Å². The summed E-state index contributed by atoms with van der Waals surface area (Å²) in [6.07, 6.45) is 0. The van der Waals surface area contributed by atoms with Crippen LogP contribution in [0.15, 0.2) is 18.2 Å². The van der Waals surface area contributed by atoms with Crippen molar-refractivity contribution in [1.82, 2.24) is 5.32 Å². The van der Waals surface area contributed by atoms with Crippen LogP contribution in [-0.2, 0) is 11.3 Å². The van der Waals surface area contributed by atoms with Gasteiger partial charge in [0.05, 0.1) is 6.61 Å². The van der Waals surface area contributed by atoms with Crippen LogP contribution in [0.3, 0.4) is 0 Å². The minimum absolute atomic E-state index is 0.113. The van der Waals surface area contributed by atoms with E-state index >= 15 is 0 Å². The lowest BCUT2D eigenvalue weighted by molar-refractivity contribution is 0.172. The predicted octanol–water partition coefficient (Wildman–Crippen LogP) is 3.34. The molecule has 1 unspecified atom stereocenters. The molecule has 0 amide bonds. The summed E-state index contributed by atoms with van der Waals surface area (Å²) in [6, 6.07) is 5.51. The maximum absolute atomic E-state index is 6.04. The molecule has 0 fully saturated rings. The van der Waals surface area contributed by atoms with Crippen molar-refractivity contribution in [2.75, 3.05) is 19.6 Å². The molecule has 0 radical (unpaired) electrons. The molecule has 5 heteroatoms. The quantitative estimate of drug-likeness (QED) is 0.808. The van der Waals surface area contributed by atoms with Gasteiger partial charge in [0.15, 0.2) is 0 Å². The Balaban J connectivity index is 2.55. The van der Waals surface area contributed by atoms with Gasteiger partial charge >= 0.3 is 0 Å². The summed E-state index contributed by atoms with van der Waals surface area (Å²) in [4.78, 5) is 0. The highest BCUT2D eigenvalue weighted by molar-refractivity contribution is 6.33. The second kappa shape index (κ2) is 7.36. The first-order valence-corrected chi connectivity index (χ1v) is 6.18. The van der Waals surface area contributed by atoms with Crippen molar-refractivity contribution in [2.24, 2.45) is 0 Å². The highest BCUT2D eigenvalue weighted by Crippen LogP contribution is 2.20. The van der Waals surface area contributed by atoms with E-state index in [9.17, 15) is 0 Å². The monoisotopic (exact) mass is 281 g/mol. The number of hydrogen-bond acceptors (Lipinski definition) is 2. The number of methoxy groups -OCH3 is 1. The summed E-state index contributed by atoms with van der Waals surface area (Å²) in [5.74, 6) is 0.492. The molecule has 2 nitrogen and oxygen atoms in total. The van der Waals surface area contributed by atoms with E-state index in [0.29, 0.717) is 29.1 Å². The highest BCUT2D eigenvalue weighted by atomic mass is 35.5. The smallest absolute Gasteiger partial charge is 0.0627 e. The van der Waals surface area contributed by atoms with E-state index in [1.807, 2.05) is 6.07 Å². The van der Waals surface area contributed by atoms with Crippen molar-refractivity contribution in [2.45, 2.75) is 12.6 Å². The Kier molecular flexibility index (Phi) is 6.47. The average Bonchev–Trinajstić information content (AvgIpc) is 2.28. The van der Waals surface area contributed by atoms with Gasteiger partial charge in [-0.2, -0.15) is 0 Å². The fourth-order valence-electron chi connectivity index (χ4n) is 1.29. The minimum atomic E-state index is 0.113. The van der Waals surface area contributed by atoms with E-state index in [-0.39, 0.29) is 6.04 Å². The number of hydrogen-bond donors (Lipinski definition) is 1. The Hall–Kier alpha value is 0.01000. The second-order valence-corrected chi connectivity index (χ2v) is 4.58. The van der Waals surface area contributed by atoms with Crippen LogP contribution >= 0.6 is 34.8 Å². The lowest BCUT2D eigenvalue weighted by atomic mass is 10.2. The van der Waals surface area contributed by atoms with Crippen LogP contribution in [0.25, 0.3) is 0 Å². The lowest BCUT2D eigenvalue weighted by Gasteiger charge is -2.15. The molecule has 0 bridgehead atoms. The number of halogens is 3. The van der Waals surface area contributed by atoms with Gasteiger partial charge in [-0.05, 0) is 23.8 Å². The molecule has 0 aliphatic carbocycles. The van der Waals surface area contributed by atoms with E-state index in [2.05, 4.69) is 5.32 Å². The fraction of sp³-hybridized carbons (Fsp3) is 0.455. The number of ether oxygens (including phenoxy) is 1. The summed E-state index contributed by atoms with van der Waals surface area (Å²) in [5, 5.41) is 4.63. The molecule has 0 aliphatic heterocycles. The first-order valence-electron chi connectivity index (χ1n) is 4.89. The third-order valence-electron chi connectivity index (χ3n) is 2.14. The van der Waals surface area contributed by atoms with Crippen molar-refractivity contribution in [3.8, 4) is 0 Å². The van der Waals surface area contributed by atoms with Gasteiger partial charge in [0.2, 0.25) is 0 Å². The number of nitrogens with one attached hydrogen (secondary N) is 1. The maximum atomic E-state index is 6.04. The standard InChI is InChI=1S/C11H14Cl3NO/c1-16-7-10(5-12)15-6-8-4-9(13)2-3-11(8)14/h2-4,10,15H,5-7H2,1H3. The normalized spacial score (nSPS) is 12.8. The van der Waals surface area contributed by atoms with Crippen molar-refractivity contribution in [3.63, 3.8) is 0 Å². The van der Waals surface area contributed by atoms with Crippen LogP contribution < -0.4 is 5.32 Å². The van der Waals surface area contributed by atoms with E-state index in [0.717, 1.165) is 5.56 Å². The van der Waals surface area contributed by atoms with Gasteiger partial charge in [-0.25, -0.2) is 0 Å². The van der Waals surface area contributed by atoms with E-state index in [4.69, 9.17) is 39.5 Å². The average molecular weight is 283 g/mol. The third kappa shape index (κ3) is 4.48. The molecule has 1 aromatic rings. The van der Waals surface area contributed by atoms with E-state index in [1.54, 1.807) is 19.2 Å². The lowest BCUT2D eigenvalue weighted by Crippen LogP contribution is -2.34. The van der Waals surface area contributed by atoms with E-state index < -0.39 is 0 Å². The molecular formula is C11H14Cl3NO. The van der Waals surface area contributed by atoms with Gasteiger partial charge in [0, 0.05) is 35.6 Å². The molecule has 0 saturated heterocycles. The van der Waals surface area contributed by atoms with Crippen molar-refractivity contribution >= 4 is 34.8 Å². The zero-order chi connectivity index (χ0) is 12.0. The van der Waals surface area contributed by atoms with Crippen LogP contribution in [0.2, 0.25) is 10.0 Å². The molecule has 0 aromatic heterocycles. The minimum Gasteiger partial charge on any atom is -0.383 e. The summed E-state index contributed by atoms with van der Waals surface area (Å²) < 4.78 is 5.03. The van der Waals surface area contributed by atoms with Gasteiger partial charge in [0.1, 0.15) is 0 Å². The molecule has 1 aromatic carbocycles. The predicted molar refractivity (Wildman–Crippen MR) is 69.7 cm³/mol. The van der Waals surface area contributed by atoms with Gasteiger partial charge in [-0.3, -0.25) is 0 Å².